The number of aromatic hydroxyl groups is 1. The summed E-state index contributed by atoms with van der Waals surface area (Å²) < 4.78 is 5.30. The largest absolute Gasteiger partial charge is 0.507 e. The van der Waals surface area contributed by atoms with Crippen molar-refractivity contribution in [1.29, 1.82) is 5.41 Å². The second-order valence-corrected chi connectivity index (χ2v) is 5.87. The van der Waals surface area contributed by atoms with E-state index in [-0.39, 0.29) is 35.0 Å². The van der Waals surface area contributed by atoms with E-state index >= 15 is 0 Å². The average molecular weight is 355 g/mol. The third kappa shape index (κ3) is 3.02. The topological polar surface area (TPSA) is 115 Å². The zero-order valence-electron chi connectivity index (χ0n) is 14.4. The van der Waals surface area contributed by atoms with Gasteiger partial charge in [-0.25, -0.2) is 0 Å². The number of nitrogens with one attached hydrogen (secondary N) is 3. The number of rotatable bonds is 7. The third-order valence-corrected chi connectivity index (χ3v) is 4.31. The molecule has 0 heterocycles. The number of hydrogen-bond acceptors (Lipinski definition) is 7. The maximum atomic E-state index is 13.1. The van der Waals surface area contributed by atoms with Gasteiger partial charge in [0.25, 0.3) is 0 Å². The smallest absolute Gasteiger partial charge is 0.196 e. The highest BCUT2D eigenvalue weighted by Crippen LogP contribution is 2.39. The van der Waals surface area contributed by atoms with Crippen molar-refractivity contribution >= 4 is 17.2 Å². The summed E-state index contributed by atoms with van der Waals surface area (Å²) >= 11 is 0. The Balaban J connectivity index is 2.00. The molecule has 0 spiro atoms. The molecular weight excluding hydrogens is 334 g/mol. The number of anilines is 1. The number of ketones is 1. The monoisotopic (exact) mass is 355 g/mol. The van der Waals surface area contributed by atoms with E-state index in [4.69, 9.17) is 15.3 Å². The Morgan fingerprint density at radius 2 is 1.88 bits per heavy atom. The van der Waals surface area contributed by atoms with Crippen molar-refractivity contribution in [3.8, 4) is 11.5 Å². The number of carbonyl (C=O) groups excluding carboxylic acids is 1. The Labute approximate surface area is 151 Å². The number of phenols is 1. The van der Waals surface area contributed by atoms with Crippen LogP contribution in [0, 0.1) is 5.41 Å². The molecule has 0 aliphatic heterocycles. The SMILES string of the molecule is COc1cccc2c1C(=N)c1c(O)ccc(NCCNCCO)c1C2=O. The van der Waals surface area contributed by atoms with Crippen LogP contribution in [0.4, 0.5) is 5.69 Å². The third-order valence-electron chi connectivity index (χ3n) is 4.31. The first-order valence-electron chi connectivity index (χ1n) is 8.32. The molecule has 7 heteroatoms. The standard InChI is InChI=1S/C19H21N3O4/c1-26-14-4-2-3-11-15(14)18(20)17-13(24)6-5-12(16(17)19(11)25)22-8-7-21-9-10-23/h2-6,20-24H,7-10H2,1H3. The van der Waals surface area contributed by atoms with Gasteiger partial charge in [0.05, 0.1) is 36.1 Å². The second kappa shape index (κ2) is 7.55. The van der Waals surface area contributed by atoms with Crippen LogP contribution in [0.1, 0.15) is 27.0 Å². The molecular formula is C19H21N3O4. The lowest BCUT2D eigenvalue weighted by Crippen LogP contribution is -2.27. The summed E-state index contributed by atoms with van der Waals surface area (Å²) in [5.41, 5.74) is 1.90. The number of aliphatic hydroxyl groups is 1. The Bertz CT molecular complexity index is 864. The van der Waals surface area contributed by atoms with Gasteiger partial charge < -0.3 is 25.6 Å². The molecule has 0 saturated carbocycles. The first kappa shape index (κ1) is 17.9. The van der Waals surface area contributed by atoms with Crippen LogP contribution in [0.15, 0.2) is 30.3 Å². The molecule has 1 aliphatic rings. The Morgan fingerprint density at radius 1 is 1.08 bits per heavy atom. The van der Waals surface area contributed by atoms with E-state index < -0.39 is 0 Å². The molecule has 0 aromatic heterocycles. The number of methoxy groups -OCH3 is 1. The summed E-state index contributed by atoms with van der Waals surface area (Å²) in [4.78, 5) is 13.1. The minimum Gasteiger partial charge on any atom is -0.507 e. The van der Waals surface area contributed by atoms with Crippen molar-refractivity contribution in [1.82, 2.24) is 5.32 Å². The molecule has 26 heavy (non-hydrogen) atoms. The van der Waals surface area contributed by atoms with Crippen LogP contribution in [0.25, 0.3) is 0 Å². The van der Waals surface area contributed by atoms with Crippen molar-refractivity contribution < 1.29 is 19.7 Å². The highest BCUT2D eigenvalue weighted by Gasteiger charge is 2.33. The normalized spacial score (nSPS) is 12.5. The molecule has 0 atom stereocenters. The highest BCUT2D eigenvalue weighted by molar-refractivity contribution is 6.32. The number of phenolic OH excluding ortho intramolecular Hbond substituents is 1. The molecule has 0 radical (unpaired) electrons. The summed E-state index contributed by atoms with van der Waals surface area (Å²) in [5.74, 6) is 0.0583. The van der Waals surface area contributed by atoms with E-state index in [0.29, 0.717) is 42.2 Å². The molecule has 2 aromatic carbocycles. The van der Waals surface area contributed by atoms with E-state index in [9.17, 15) is 9.90 Å². The van der Waals surface area contributed by atoms with Crippen LogP contribution in [0.2, 0.25) is 0 Å². The molecule has 3 rings (SSSR count). The van der Waals surface area contributed by atoms with Crippen LogP contribution in [0.5, 0.6) is 11.5 Å². The second-order valence-electron chi connectivity index (χ2n) is 5.87. The summed E-state index contributed by atoms with van der Waals surface area (Å²) in [6.45, 7) is 1.68. The molecule has 0 saturated heterocycles. The van der Waals surface area contributed by atoms with Crippen molar-refractivity contribution in [3.05, 3.63) is 52.6 Å². The number of ether oxygens (including phenoxy) is 1. The average Bonchev–Trinajstić information content (AvgIpc) is 2.66. The lowest BCUT2D eigenvalue weighted by Gasteiger charge is -2.24. The molecule has 1 aliphatic carbocycles. The Kier molecular flexibility index (Phi) is 5.20. The molecule has 0 amide bonds. The first-order valence-corrected chi connectivity index (χ1v) is 8.32. The van der Waals surface area contributed by atoms with Gasteiger partial charge in [-0.2, -0.15) is 0 Å². The summed E-state index contributed by atoms with van der Waals surface area (Å²) in [5, 5.41) is 33.8. The Morgan fingerprint density at radius 3 is 2.62 bits per heavy atom. The molecule has 7 nitrogen and oxygen atoms in total. The number of aliphatic hydroxyl groups excluding tert-OH is 1. The van der Waals surface area contributed by atoms with E-state index in [0.717, 1.165) is 0 Å². The molecule has 5 N–H and O–H groups in total. The zero-order valence-corrected chi connectivity index (χ0v) is 14.4. The van der Waals surface area contributed by atoms with E-state index in [1.165, 1.54) is 13.2 Å². The van der Waals surface area contributed by atoms with Gasteiger partial charge in [-0.3, -0.25) is 10.2 Å². The van der Waals surface area contributed by atoms with Gasteiger partial charge in [-0.1, -0.05) is 12.1 Å². The fraction of sp³-hybridized carbons (Fsp3) is 0.263. The minimum atomic E-state index is -0.258. The number of benzene rings is 2. The first-order chi connectivity index (χ1) is 12.6. The quantitative estimate of drug-likeness (QED) is 0.323. The predicted octanol–water partition coefficient (Wildman–Crippen LogP) is 1.36. The lowest BCUT2D eigenvalue weighted by atomic mass is 9.81. The highest BCUT2D eigenvalue weighted by atomic mass is 16.5. The van der Waals surface area contributed by atoms with Crippen LogP contribution >= 0.6 is 0 Å². The van der Waals surface area contributed by atoms with Crippen LogP contribution < -0.4 is 15.4 Å². The number of hydrogen-bond donors (Lipinski definition) is 5. The van der Waals surface area contributed by atoms with Crippen LogP contribution in [0.3, 0.4) is 0 Å². The number of fused-ring (bicyclic) bond motifs is 2. The maximum Gasteiger partial charge on any atom is 0.196 e. The van der Waals surface area contributed by atoms with Gasteiger partial charge in [-0.15, -0.1) is 0 Å². The van der Waals surface area contributed by atoms with Gasteiger partial charge >= 0.3 is 0 Å². The Hall–Kier alpha value is -2.90. The zero-order chi connectivity index (χ0) is 18.7. The fourth-order valence-corrected chi connectivity index (χ4v) is 3.13. The van der Waals surface area contributed by atoms with Crippen molar-refractivity contribution in [2.45, 2.75) is 0 Å². The van der Waals surface area contributed by atoms with Crippen molar-refractivity contribution in [3.63, 3.8) is 0 Å². The van der Waals surface area contributed by atoms with Gasteiger partial charge in [0.1, 0.15) is 11.5 Å². The van der Waals surface area contributed by atoms with Crippen molar-refractivity contribution in [2.24, 2.45) is 0 Å². The molecule has 136 valence electrons. The molecule has 0 fully saturated rings. The predicted molar refractivity (Wildman–Crippen MR) is 98.9 cm³/mol. The minimum absolute atomic E-state index is 0.0584. The summed E-state index contributed by atoms with van der Waals surface area (Å²) in [7, 11) is 1.49. The molecule has 0 bridgehead atoms. The summed E-state index contributed by atoms with van der Waals surface area (Å²) in [6.07, 6.45) is 0. The van der Waals surface area contributed by atoms with E-state index in [2.05, 4.69) is 10.6 Å². The van der Waals surface area contributed by atoms with E-state index in [1.807, 2.05) is 0 Å². The van der Waals surface area contributed by atoms with Gasteiger partial charge in [0.15, 0.2) is 5.78 Å². The number of carbonyl (C=O) groups is 1. The molecule has 2 aromatic rings. The maximum absolute atomic E-state index is 13.1. The fourth-order valence-electron chi connectivity index (χ4n) is 3.13. The van der Waals surface area contributed by atoms with Crippen molar-refractivity contribution in [2.75, 3.05) is 38.7 Å². The van der Waals surface area contributed by atoms with Gasteiger partial charge in [0, 0.05) is 30.9 Å². The van der Waals surface area contributed by atoms with Crippen LogP contribution in [-0.4, -0.2) is 55.1 Å². The lowest BCUT2D eigenvalue weighted by molar-refractivity contribution is 0.103. The van der Waals surface area contributed by atoms with Gasteiger partial charge in [-0.05, 0) is 18.2 Å². The molecule has 0 unspecified atom stereocenters. The van der Waals surface area contributed by atoms with Gasteiger partial charge in [0.2, 0.25) is 0 Å². The van der Waals surface area contributed by atoms with Crippen LogP contribution in [-0.2, 0) is 0 Å². The van der Waals surface area contributed by atoms with E-state index in [1.54, 1.807) is 24.3 Å². The summed E-state index contributed by atoms with van der Waals surface area (Å²) in [6, 6.07) is 8.18.